The van der Waals surface area contributed by atoms with Crippen LogP contribution in [0.25, 0.3) is 0 Å². The third-order valence-corrected chi connectivity index (χ3v) is 4.14. The SMILES string of the molecule is CC(C)(CSc1nccs1)C(=O)NN. The minimum absolute atomic E-state index is 0.151. The lowest BCUT2D eigenvalue weighted by Gasteiger charge is -2.20. The summed E-state index contributed by atoms with van der Waals surface area (Å²) in [5, 5.41) is 1.92. The zero-order valence-corrected chi connectivity index (χ0v) is 9.74. The zero-order chi connectivity index (χ0) is 10.6. The van der Waals surface area contributed by atoms with E-state index in [0.29, 0.717) is 5.75 Å². The van der Waals surface area contributed by atoms with Crippen LogP contribution in [0.15, 0.2) is 15.9 Å². The lowest BCUT2D eigenvalue weighted by atomic mass is 9.96. The number of aromatic nitrogens is 1. The Labute approximate surface area is 91.3 Å². The first-order valence-electron chi connectivity index (χ1n) is 4.09. The second-order valence-electron chi connectivity index (χ2n) is 3.44. The lowest BCUT2D eigenvalue weighted by molar-refractivity contribution is -0.128. The Kier molecular flexibility index (Phi) is 3.91. The predicted octanol–water partition coefficient (Wildman–Crippen LogP) is 1.25. The first kappa shape index (κ1) is 11.5. The van der Waals surface area contributed by atoms with Crippen LogP contribution in [0.2, 0.25) is 0 Å². The van der Waals surface area contributed by atoms with Crippen LogP contribution in [0.1, 0.15) is 13.8 Å². The number of thioether (sulfide) groups is 1. The van der Waals surface area contributed by atoms with Gasteiger partial charge >= 0.3 is 0 Å². The van der Waals surface area contributed by atoms with Gasteiger partial charge in [-0.2, -0.15) is 0 Å². The molecule has 1 heterocycles. The van der Waals surface area contributed by atoms with Crippen molar-refractivity contribution in [2.75, 3.05) is 5.75 Å². The highest BCUT2D eigenvalue weighted by atomic mass is 32.2. The Morgan fingerprint density at radius 2 is 2.50 bits per heavy atom. The number of thiazole rings is 1. The number of nitrogens with one attached hydrogen (secondary N) is 1. The molecule has 4 nitrogen and oxygen atoms in total. The van der Waals surface area contributed by atoms with E-state index in [4.69, 9.17) is 5.84 Å². The Hall–Kier alpha value is -0.590. The third-order valence-electron chi connectivity index (χ3n) is 1.71. The Balaban J connectivity index is 2.48. The molecule has 3 N–H and O–H groups in total. The lowest BCUT2D eigenvalue weighted by Crippen LogP contribution is -2.42. The summed E-state index contributed by atoms with van der Waals surface area (Å²) in [6.45, 7) is 3.71. The molecule has 0 fully saturated rings. The van der Waals surface area contributed by atoms with Gasteiger partial charge in [-0.05, 0) is 0 Å². The summed E-state index contributed by atoms with van der Waals surface area (Å²) in [7, 11) is 0. The van der Waals surface area contributed by atoms with E-state index < -0.39 is 5.41 Å². The van der Waals surface area contributed by atoms with Crippen molar-refractivity contribution in [3.63, 3.8) is 0 Å². The van der Waals surface area contributed by atoms with E-state index in [1.54, 1.807) is 29.3 Å². The van der Waals surface area contributed by atoms with Gasteiger partial charge in [0, 0.05) is 17.3 Å². The molecule has 78 valence electrons. The zero-order valence-electron chi connectivity index (χ0n) is 8.11. The maximum atomic E-state index is 11.3. The number of nitrogens with two attached hydrogens (primary N) is 1. The maximum Gasteiger partial charge on any atom is 0.240 e. The molecule has 0 saturated heterocycles. The van der Waals surface area contributed by atoms with Crippen molar-refractivity contribution in [1.29, 1.82) is 0 Å². The summed E-state index contributed by atoms with van der Waals surface area (Å²) >= 11 is 3.14. The molecule has 1 amide bonds. The molecule has 0 atom stereocenters. The van der Waals surface area contributed by atoms with Crippen LogP contribution in [0.5, 0.6) is 0 Å². The van der Waals surface area contributed by atoms with Crippen LogP contribution in [0.4, 0.5) is 0 Å². The Morgan fingerprint density at radius 3 is 3.00 bits per heavy atom. The van der Waals surface area contributed by atoms with Gasteiger partial charge < -0.3 is 0 Å². The number of nitrogens with zero attached hydrogens (tertiary/aromatic N) is 1. The molecular formula is C8H13N3OS2. The molecule has 0 bridgehead atoms. The number of rotatable bonds is 4. The average Bonchev–Trinajstić information content (AvgIpc) is 2.66. The topological polar surface area (TPSA) is 68.0 Å². The van der Waals surface area contributed by atoms with E-state index >= 15 is 0 Å². The first-order chi connectivity index (χ1) is 6.56. The molecule has 1 aromatic heterocycles. The van der Waals surface area contributed by atoms with Gasteiger partial charge in [0.25, 0.3) is 0 Å². The maximum absolute atomic E-state index is 11.3. The molecule has 0 spiro atoms. The number of hydrogen-bond acceptors (Lipinski definition) is 5. The van der Waals surface area contributed by atoms with E-state index in [2.05, 4.69) is 10.4 Å². The number of amides is 1. The van der Waals surface area contributed by atoms with Crippen LogP contribution in [-0.2, 0) is 4.79 Å². The second-order valence-corrected chi connectivity index (χ2v) is 5.56. The Morgan fingerprint density at radius 1 is 1.79 bits per heavy atom. The standard InChI is InChI=1S/C8H13N3OS2/c1-8(2,6(12)11-9)5-14-7-10-3-4-13-7/h3-4H,5,9H2,1-2H3,(H,11,12). The fourth-order valence-corrected chi connectivity index (χ4v) is 2.51. The van der Waals surface area contributed by atoms with Gasteiger partial charge in [-0.1, -0.05) is 25.6 Å². The van der Waals surface area contributed by atoms with E-state index in [1.807, 2.05) is 19.2 Å². The largest absolute Gasteiger partial charge is 0.294 e. The smallest absolute Gasteiger partial charge is 0.240 e. The minimum Gasteiger partial charge on any atom is -0.294 e. The number of carbonyl (C=O) groups is 1. The summed E-state index contributed by atoms with van der Waals surface area (Å²) in [5.41, 5.74) is 1.70. The predicted molar refractivity (Wildman–Crippen MR) is 58.9 cm³/mol. The number of carbonyl (C=O) groups excluding carboxylic acids is 1. The summed E-state index contributed by atoms with van der Waals surface area (Å²) in [6, 6.07) is 0. The summed E-state index contributed by atoms with van der Waals surface area (Å²) in [4.78, 5) is 15.4. The van der Waals surface area contributed by atoms with Gasteiger partial charge in [0.15, 0.2) is 0 Å². The Bertz CT molecular complexity index is 298. The van der Waals surface area contributed by atoms with Crippen molar-refractivity contribution in [1.82, 2.24) is 10.4 Å². The van der Waals surface area contributed by atoms with Gasteiger partial charge in [-0.15, -0.1) is 11.3 Å². The van der Waals surface area contributed by atoms with Crippen LogP contribution in [0.3, 0.4) is 0 Å². The second kappa shape index (κ2) is 4.77. The molecule has 6 heteroatoms. The molecule has 1 rings (SSSR count). The van der Waals surface area contributed by atoms with E-state index in [9.17, 15) is 4.79 Å². The number of hydrazine groups is 1. The average molecular weight is 231 g/mol. The third kappa shape index (κ3) is 2.97. The molecule has 1 aromatic rings. The number of hydrogen-bond donors (Lipinski definition) is 2. The van der Waals surface area contributed by atoms with Crippen molar-refractivity contribution < 1.29 is 4.79 Å². The van der Waals surface area contributed by atoms with Gasteiger partial charge in [0.2, 0.25) is 5.91 Å². The van der Waals surface area contributed by atoms with Crippen LogP contribution >= 0.6 is 23.1 Å². The fraction of sp³-hybridized carbons (Fsp3) is 0.500. The van der Waals surface area contributed by atoms with Crippen molar-refractivity contribution in [3.05, 3.63) is 11.6 Å². The van der Waals surface area contributed by atoms with Gasteiger partial charge in [0.05, 0.1) is 5.41 Å². The van der Waals surface area contributed by atoms with Crippen LogP contribution in [0, 0.1) is 5.41 Å². The molecule has 0 aliphatic heterocycles. The molecule has 0 aliphatic rings. The van der Waals surface area contributed by atoms with Crippen LogP contribution < -0.4 is 11.3 Å². The fourth-order valence-electron chi connectivity index (χ4n) is 0.785. The highest BCUT2D eigenvalue weighted by Gasteiger charge is 2.27. The van der Waals surface area contributed by atoms with E-state index in [1.165, 1.54) is 0 Å². The monoisotopic (exact) mass is 231 g/mol. The molecule has 0 aromatic carbocycles. The highest BCUT2D eigenvalue weighted by molar-refractivity contribution is 8.01. The van der Waals surface area contributed by atoms with Crippen molar-refractivity contribution in [2.45, 2.75) is 18.2 Å². The van der Waals surface area contributed by atoms with Gasteiger partial charge in [-0.3, -0.25) is 10.2 Å². The van der Waals surface area contributed by atoms with Crippen molar-refractivity contribution >= 4 is 29.0 Å². The van der Waals surface area contributed by atoms with E-state index in [-0.39, 0.29) is 5.91 Å². The molecule has 0 radical (unpaired) electrons. The van der Waals surface area contributed by atoms with Crippen molar-refractivity contribution in [3.8, 4) is 0 Å². The molecule has 0 aliphatic carbocycles. The van der Waals surface area contributed by atoms with Gasteiger partial charge in [0.1, 0.15) is 4.34 Å². The molecule has 0 unspecified atom stereocenters. The molecule has 14 heavy (non-hydrogen) atoms. The first-order valence-corrected chi connectivity index (χ1v) is 5.96. The normalized spacial score (nSPS) is 11.4. The molecular weight excluding hydrogens is 218 g/mol. The van der Waals surface area contributed by atoms with E-state index in [0.717, 1.165) is 4.34 Å². The van der Waals surface area contributed by atoms with Gasteiger partial charge in [-0.25, -0.2) is 10.8 Å². The van der Waals surface area contributed by atoms with Crippen molar-refractivity contribution in [2.24, 2.45) is 11.3 Å². The van der Waals surface area contributed by atoms with Crippen LogP contribution in [-0.4, -0.2) is 16.6 Å². The summed E-state index contributed by atoms with van der Waals surface area (Å²) in [5.74, 6) is 5.60. The summed E-state index contributed by atoms with van der Waals surface area (Å²) in [6.07, 6.45) is 1.75. The highest BCUT2D eigenvalue weighted by Crippen LogP contribution is 2.28. The summed E-state index contributed by atoms with van der Waals surface area (Å²) < 4.78 is 0.975. The molecule has 0 saturated carbocycles. The minimum atomic E-state index is -0.467. The quantitative estimate of drug-likeness (QED) is 0.354.